The molecule has 2 aromatic rings. The third-order valence-corrected chi connectivity index (χ3v) is 3.73. The average Bonchev–Trinajstić information content (AvgIpc) is 2.47. The molecule has 0 spiro atoms. The highest BCUT2D eigenvalue weighted by atomic mass is 127. The van der Waals surface area contributed by atoms with Crippen molar-refractivity contribution in [3.05, 3.63) is 59.8 Å². The minimum absolute atomic E-state index is 0.126. The molecule has 0 aliphatic carbocycles. The summed E-state index contributed by atoms with van der Waals surface area (Å²) in [5.74, 6) is 0.743. The van der Waals surface area contributed by atoms with Gasteiger partial charge in [-0.25, -0.2) is 4.98 Å². The lowest BCUT2D eigenvalue weighted by Gasteiger charge is -2.10. The van der Waals surface area contributed by atoms with Crippen LogP contribution in [0, 0.1) is 20.6 Å². The Morgan fingerprint density at radius 1 is 1.48 bits per heavy atom. The molecule has 1 heterocycles. The Kier molecular flexibility index (Phi) is 4.56. The fraction of sp³-hybridized carbons (Fsp3) is 0.231. The molecule has 0 N–H and O–H groups in total. The van der Waals surface area contributed by atoms with E-state index in [-0.39, 0.29) is 23.5 Å². The summed E-state index contributed by atoms with van der Waals surface area (Å²) < 4.78 is 6.94. The second kappa shape index (κ2) is 6.20. The van der Waals surface area contributed by atoms with Crippen molar-refractivity contribution in [3.63, 3.8) is 0 Å². The molecule has 0 saturated carbocycles. The molecule has 0 aliphatic heterocycles. The fourth-order valence-electron chi connectivity index (χ4n) is 1.90. The molecule has 0 aliphatic rings. The van der Waals surface area contributed by atoms with Crippen LogP contribution in [0.25, 0.3) is 0 Å². The fourth-order valence-corrected chi connectivity index (χ4v) is 2.33. The highest BCUT2D eigenvalue weighted by Crippen LogP contribution is 2.27. The standard InChI is InChI=1S/C13H12IN3O4/c1-8-15-6-10(14)13(18)16(8)7-9-3-4-12(21-2)11(5-9)17(19)20/h3-6H,7H2,1-2H3. The first-order valence-corrected chi connectivity index (χ1v) is 7.05. The zero-order valence-corrected chi connectivity index (χ0v) is 13.5. The van der Waals surface area contributed by atoms with Gasteiger partial charge in [-0.15, -0.1) is 0 Å². The van der Waals surface area contributed by atoms with Gasteiger partial charge < -0.3 is 4.74 Å². The van der Waals surface area contributed by atoms with E-state index in [4.69, 9.17) is 4.74 Å². The van der Waals surface area contributed by atoms with Gasteiger partial charge in [-0.05, 0) is 41.1 Å². The number of aryl methyl sites for hydroxylation is 1. The van der Waals surface area contributed by atoms with Crippen molar-refractivity contribution in [3.8, 4) is 5.75 Å². The van der Waals surface area contributed by atoms with Crippen molar-refractivity contribution in [1.29, 1.82) is 0 Å². The summed E-state index contributed by atoms with van der Waals surface area (Å²) in [5, 5.41) is 11.0. The summed E-state index contributed by atoms with van der Waals surface area (Å²) in [6.07, 6.45) is 1.51. The van der Waals surface area contributed by atoms with E-state index in [1.54, 1.807) is 13.0 Å². The molecule has 0 bridgehead atoms. The molecular formula is C13H12IN3O4. The first kappa shape index (κ1) is 15.4. The monoisotopic (exact) mass is 401 g/mol. The van der Waals surface area contributed by atoms with Crippen molar-refractivity contribution in [1.82, 2.24) is 9.55 Å². The largest absolute Gasteiger partial charge is 0.490 e. The second-order valence-electron chi connectivity index (χ2n) is 4.31. The second-order valence-corrected chi connectivity index (χ2v) is 5.47. The van der Waals surface area contributed by atoms with Crippen LogP contribution in [0.1, 0.15) is 11.4 Å². The topological polar surface area (TPSA) is 87.3 Å². The Balaban J connectivity index is 2.46. The molecule has 0 atom stereocenters. The van der Waals surface area contributed by atoms with Crippen LogP contribution in [0.15, 0.2) is 29.2 Å². The van der Waals surface area contributed by atoms with Crippen LogP contribution in [0.3, 0.4) is 0 Å². The van der Waals surface area contributed by atoms with E-state index in [2.05, 4.69) is 4.98 Å². The summed E-state index contributed by atoms with van der Waals surface area (Å²) in [7, 11) is 1.38. The summed E-state index contributed by atoms with van der Waals surface area (Å²) >= 11 is 1.91. The van der Waals surface area contributed by atoms with Crippen LogP contribution in [0.4, 0.5) is 5.69 Å². The minimum Gasteiger partial charge on any atom is -0.490 e. The van der Waals surface area contributed by atoms with Crippen molar-refractivity contribution in [2.24, 2.45) is 0 Å². The number of methoxy groups -OCH3 is 1. The highest BCUT2D eigenvalue weighted by molar-refractivity contribution is 14.1. The maximum atomic E-state index is 12.1. The number of benzene rings is 1. The smallest absolute Gasteiger partial charge is 0.311 e. The molecule has 0 unspecified atom stereocenters. The van der Waals surface area contributed by atoms with Gasteiger partial charge in [0.25, 0.3) is 5.56 Å². The number of hydrogen-bond donors (Lipinski definition) is 0. The Bertz CT molecular complexity index is 758. The van der Waals surface area contributed by atoms with Gasteiger partial charge >= 0.3 is 5.69 Å². The molecule has 8 heteroatoms. The van der Waals surface area contributed by atoms with E-state index >= 15 is 0 Å². The van der Waals surface area contributed by atoms with Crippen LogP contribution in [0.2, 0.25) is 0 Å². The van der Waals surface area contributed by atoms with E-state index in [9.17, 15) is 14.9 Å². The molecule has 0 radical (unpaired) electrons. The summed E-state index contributed by atoms with van der Waals surface area (Å²) in [4.78, 5) is 26.7. The van der Waals surface area contributed by atoms with Crippen molar-refractivity contribution >= 4 is 28.3 Å². The molecule has 2 rings (SSSR count). The van der Waals surface area contributed by atoms with Gasteiger partial charge in [0.05, 0.1) is 22.1 Å². The predicted molar refractivity (Wildman–Crippen MR) is 84.7 cm³/mol. The summed E-state index contributed by atoms with van der Waals surface area (Å²) in [5.41, 5.74) is 0.345. The number of ether oxygens (including phenoxy) is 1. The molecule has 1 aromatic heterocycles. The number of rotatable bonds is 4. The minimum atomic E-state index is -0.509. The van der Waals surface area contributed by atoms with Gasteiger partial charge in [0.2, 0.25) is 0 Å². The molecule has 0 amide bonds. The van der Waals surface area contributed by atoms with E-state index in [1.807, 2.05) is 22.6 Å². The van der Waals surface area contributed by atoms with Crippen LogP contribution < -0.4 is 10.3 Å². The van der Waals surface area contributed by atoms with Crippen molar-refractivity contribution in [2.75, 3.05) is 7.11 Å². The summed E-state index contributed by atoms with van der Waals surface area (Å²) in [6, 6.07) is 4.62. The molecule has 21 heavy (non-hydrogen) atoms. The Hall–Kier alpha value is -1.97. The van der Waals surface area contributed by atoms with E-state index < -0.39 is 4.92 Å². The highest BCUT2D eigenvalue weighted by Gasteiger charge is 2.16. The zero-order chi connectivity index (χ0) is 15.6. The van der Waals surface area contributed by atoms with Gasteiger partial charge in [0.15, 0.2) is 5.75 Å². The van der Waals surface area contributed by atoms with E-state index in [0.29, 0.717) is 15.0 Å². The van der Waals surface area contributed by atoms with Crippen LogP contribution in [0.5, 0.6) is 5.75 Å². The number of aromatic nitrogens is 2. The van der Waals surface area contributed by atoms with E-state index in [0.717, 1.165) is 0 Å². The molecule has 7 nitrogen and oxygen atoms in total. The zero-order valence-electron chi connectivity index (χ0n) is 11.4. The quantitative estimate of drug-likeness (QED) is 0.445. The molecule has 1 aromatic carbocycles. The van der Waals surface area contributed by atoms with Crippen LogP contribution in [-0.2, 0) is 6.54 Å². The normalized spacial score (nSPS) is 10.4. The number of nitrogens with zero attached hydrogens (tertiary/aromatic N) is 3. The Morgan fingerprint density at radius 3 is 2.81 bits per heavy atom. The molecule has 0 fully saturated rings. The Morgan fingerprint density at radius 2 is 2.19 bits per heavy atom. The summed E-state index contributed by atoms with van der Waals surface area (Å²) in [6.45, 7) is 1.94. The third kappa shape index (κ3) is 3.20. The van der Waals surface area contributed by atoms with Gasteiger partial charge in [-0.2, -0.15) is 0 Å². The molecule has 0 saturated heterocycles. The number of halogens is 1. The SMILES string of the molecule is COc1ccc(Cn2c(C)ncc(I)c2=O)cc1[N+](=O)[O-]. The maximum absolute atomic E-state index is 12.1. The first-order valence-electron chi connectivity index (χ1n) is 5.97. The van der Waals surface area contributed by atoms with Gasteiger partial charge in [0, 0.05) is 12.3 Å². The lowest BCUT2D eigenvalue weighted by atomic mass is 10.2. The Labute approximate surface area is 133 Å². The van der Waals surface area contributed by atoms with Crippen molar-refractivity contribution in [2.45, 2.75) is 13.5 Å². The first-order chi connectivity index (χ1) is 9.93. The lowest BCUT2D eigenvalue weighted by molar-refractivity contribution is -0.385. The number of nitro groups is 1. The maximum Gasteiger partial charge on any atom is 0.311 e. The van der Waals surface area contributed by atoms with Gasteiger partial charge in [-0.1, -0.05) is 6.07 Å². The van der Waals surface area contributed by atoms with Crippen LogP contribution in [-0.4, -0.2) is 21.6 Å². The third-order valence-electron chi connectivity index (χ3n) is 2.99. The lowest BCUT2D eigenvalue weighted by Crippen LogP contribution is -2.26. The average molecular weight is 401 g/mol. The van der Waals surface area contributed by atoms with E-state index in [1.165, 1.54) is 30.0 Å². The van der Waals surface area contributed by atoms with Crippen LogP contribution >= 0.6 is 22.6 Å². The number of hydrogen-bond acceptors (Lipinski definition) is 5. The van der Waals surface area contributed by atoms with Crippen molar-refractivity contribution < 1.29 is 9.66 Å². The molecular weight excluding hydrogens is 389 g/mol. The number of nitro benzene ring substituents is 1. The molecule has 110 valence electrons. The predicted octanol–water partition coefficient (Wildman–Crippen LogP) is 2.12. The van der Waals surface area contributed by atoms with Gasteiger partial charge in [-0.3, -0.25) is 19.5 Å². The van der Waals surface area contributed by atoms with Gasteiger partial charge in [0.1, 0.15) is 5.82 Å².